The van der Waals surface area contributed by atoms with Crippen LogP contribution < -0.4 is 0 Å². The van der Waals surface area contributed by atoms with E-state index in [2.05, 4.69) is 13.0 Å². The average Bonchev–Trinajstić information content (AvgIpc) is 2.80. The zero-order valence-electron chi connectivity index (χ0n) is 11.8. The lowest BCUT2D eigenvalue weighted by Crippen LogP contribution is -2.50. The van der Waals surface area contributed by atoms with Gasteiger partial charge in [0.05, 0.1) is 12.5 Å². The smallest absolute Gasteiger partial charge is 0.312 e. The van der Waals surface area contributed by atoms with Crippen molar-refractivity contribution in [3.8, 4) is 0 Å². The number of carbonyl (C=O) groups excluding carboxylic acids is 2. The Kier molecular flexibility index (Phi) is 2.84. The number of hydrogen-bond acceptors (Lipinski definition) is 3. The van der Waals surface area contributed by atoms with Crippen molar-refractivity contribution < 1.29 is 14.3 Å². The van der Waals surface area contributed by atoms with Crippen LogP contribution in [0.15, 0.2) is 11.6 Å². The number of ketones is 1. The zero-order valence-corrected chi connectivity index (χ0v) is 11.8. The van der Waals surface area contributed by atoms with Gasteiger partial charge < -0.3 is 4.74 Å². The minimum Gasteiger partial charge on any atom is -0.469 e. The molecule has 3 atom stereocenters. The molecule has 0 aliphatic heterocycles. The highest BCUT2D eigenvalue weighted by Gasteiger charge is 2.57. The average molecular weight is 262 g/mol. The van der Waals surface area contributed by atoms with E-state index in [4.69, 9.17) is 4.74 Å². The molecule has 0 saturated heterocycles. The first-order chi connectivity index (χ1) is 9.02. The summed E-state index contributed by atoms with van der Waals surface area (Å²) < 4.78 is 5.09. The summed E-state index contributed by atoms with van der Waals surface area (Å²) in [6.07, 6.45) is 8.24. The van der Waals surface area contributed by atoms with E-state index in [9.17, 15) is 9.59 Å². The Hall–Kier alpha value is -1.12. The fraction of sp³-hybridized carbons (Fsp3) is 0.750. The minimum absolute atomic E-state index is 0.0974. The highest BCUT2D eigenvalue weighted by molar-refractivity contribution is 5.86. The summed E-state index contributed by atoms with van der Waals surface area (Å²) in [5.41, 5.74) is 1.18. The first kappa shape index (κ1) is 12.9. The summed E-state index contributed by atoms with van der Waals surface area (Å²) in [7, 11) is 1.47. The van der Waals surface area contributed by atoms with E-state index in [1.807, 2.05) is 0 Å². The molecule has 0 N–H and O–H groups in total. The highest BCUT2D eigenvalue weighted by Crippen LogP contribution is 2.61. The molecule has 0 radical (unpaired) electrons. The van der Waals surface area contributed by atoms with Crippen LogP contribution in [0.4, 0.5) is 0 Å². The number of Topliss-reactive ketones (excluding diaryl/α,β-unsaturated/α-hetero) is 1. The van der Waals surface area contributed by atoms with E-state index < -0.39 is 5.41 Å². The van der Waals surface area contributed by atoms with Crippen LogP contribution in [0.2, 0.25) is 0 Å². The molecule has 3 aliphatic rings. The second kappa shape index (κ2) is 4.19. The van der Waals surface area contributed by atoms with Crippen molar-refractivity contribution in [2.24, 2.45) is 16.7 Å². The summed E-state index contributed by atoms with van der Waals surface area (Å²) in [6, 6.07) is 0. The molecule has 3 heteroatoms. The molecule has 2 fully saturated rings. The van der Waals surface area contributed by atoms with Crippen molar-refractivity contribution in [3.63, 3.8) is 0 Å². The van der Waals surface area contributed by atoms with E-state index in [0.29, 0.717) is 25.0 Å². The Bertz CT molecular complexity index is 465. The molecule has 0 aromatic rings. The number of esters is 1. The lowest BCUT2D eigenvalue weighted by Gasteiger charge is -2.51. The largest absolute Gasteiger partial charge is 0.469 e. The van der Waals surface area contributed by atoms with Gasteiger partial charge in [-0.3, -0.25) is 9.59 Å². The van der Waals surface area contributed by atoms with Crippen molar-refractivity contribution in [2.75, 3.05) is 7.11 Å². The van der Waals surface area contributed by atoms with Gasteiger partial charge in [0.1, 0.15) is 5.78 Å². The van der Waals surface area contributed by atoms with Gasteiger partial charge in [0.25, 0.3) is 0 Å². The van der Waals surface area contributed by atoms with Crippen molar-refractivity contribution in [1.29, 1.82) is 0 Å². The molecule has 3 rings (SSSR count). The molecule has 0 heterocycles. The molecule has 0 aromatic heterocycles. The van der Waals surface area contributed by atoms with Crippen LogP contribution in [0, 0.1) is 16.7 Å². The normalized spacial score (nSPS) is 41.3. The quantitative estimate of drug-likeness (QED) is 0.539. The molecule has 0 aromatic carbocycles. The van der Waals surface area contributed by atoms with Gasteiger partial charge in [-0.25, -0.2) is 0 Å². The predicted molar refractivity (Wildman–Crippen MR) is 71.5 cm³/mol. The van der Waals surface area contributed by atoms with Crippen molar-refractivity contribution in [2.45, 2.75) is 51.9 Å². The van der Waals surface area contributed by atoms with Crippen LogP contribution in [0.25, 0.3) is 0 Å². The molecule has 2 saturated carbocycles. The lowest BCUT2D eigenvalue weighted by atomic mass is 9.52. The molecule has 104 valence electrons. The standard InChI is InChI=1S/C16H22O3/c1-15-6-3-4-12(15)13-10-11(17)5-7-16(13,9-8-15)14(18)19-2/h4,13H,3,5-10H2,1-2H3/t13-,15+,16-/m0/s1. The summed E-state index contributed by atoms with van der Waals surface area (Å²) >= 11 is 0. The molecule has 3 nitrogen and oxygen atoms in total. The van der Waals surface area contributed by atoms with Crippen LogP contribution in [-0.4, -0.2) is 18.9 Å². The van der Waals surface area contributed by atoms with Gasteiger partial charge in [0.15, 0.2) is 0 Å². The number of allylic oxidation sites excluding steroid dienone is 2. The Morgan fingerprint density at radius 2 is 2.11 bits per heavy atom. The van der Waals surface area contributed by atoms with Crippen LogP contribution in [0.3, 0.4) is 0 Å². The monoisotopic (exact) mass is 262 g/mol. The summed E-state index contributed by atoms with van der Waals surface area (Å²) in [4.78, 5) is 24.2. The van der Waals surface area contributed by atoms with E-state index in [1.165, 1.54) is 19.1 Å². The van der Waals surface area contributed by atoms with E-state index in [1.54, 1.807) is 0 Å². The van der Waals surface area contributed by atoms with Gasteiger partial charge in [0, 0.05) is 18.8 Å². The summed E-state index contributed by atoms with van der Waals surface area (Å²) in [6.45, 7) is 2.30. The van der Waals surface area contributed by atoms with Crippen LogP contribution in [-0.2, 0) is 14.3 Å². The second-order valence-corrected chi connectivity index (χ2v) is 6.70. The maximum Gasteiger partial charge on any atom is 0.312 e. The maximum absolute atomic E-state index is 12.4. The Morgan fingerprint density at radius 3 is 2.84 bits per heavy atom. The molecule has 0 spiro atoms. The Balaban J connectivity index is 2.03. The highest BCUT2D eigenvalue weighted by atomic mass is 16.5. The summed E-state index contributed by atoms with van der Waals surface area (Å²) in [5.74, 6) is 0.309. The number of rotatable bonds is 1. The maximum atomic E-state index is 12.4. The number of hydrogen-bond donors (Lipinski definition) is 0. The third kappa shape index (κ3) is 1.70. The van der Waals surface area contributed by atoms with Gasteiger partial charge in [-0.15, -0.1) is 0 Å². The lowest BCUT2D eigenvalue weighted by molar-refractivity contribution is -0.162. The molecule has 3 aliphatic carbocycles. The third-order valence-electron chi connectivity index (χ3n) is 5.80. The van der Waals surface area contributed by atoms with Crippen LogP contribution in [0.5, 0.6) is 0 Å². The number of methoxy groups -OCH3 is 1. The minimum atomic E-state index is -0.418. The van der Waals surface area contributed by atoms with Gasteiger partial charge in [-0.05, 0) is 37.5 Å². The topological polar surface area (TPSA) is 43.4 Å². The molecule has 0 unspecified atom stereocenters. The van der Waals surface area contributed by atoms with Crippen molar-refractivity contribution in [1.82, 2.24) is 0 Å². The summed E-state index contributed by atoms with van der Waals surface area (Å²) in [5, 5.41) is 0. The van der Waals surface area contributed by atoms with Crippen LogP contribution in [0.1, 0.15) is 51.9 Å². The van der Waals surface area contributed by atoms with Crippen LogP contribution >= 0.6 is 0 Å². The van der Waals surface area contributed by atoms with E-state index in [-0.39, 0.29) is 17.3 Å². The third-order valence-corrected chi connectivity index (χ3v) is 5.80. The predicted octanol–water partition coefficient (Wildman–Crippen LogP) is 3.04. The first-order valence-electron chi connectivity index (χ1n) is 7.32. The Labute approximate surface area is 114 Å². The van der Waals surface area contributed by atoms with E-state index in [0.717, 1.165) is 19.3 Å². The molecular formula is C16H22O3. The molecule has 0 amide bonds. The van der Waals surface area contributed by atoms with Gasteiger partial charge in [0.2, 0.25) is 0 Å². The number of ether oxygens (including phenoxy) is 1. The second-order valence-electron chi connectivity index (χ2n) is 6.70. The van der Waals surface area contributed by atoms with Crippen molar-refractivity contribution >= 4 is 11.8 Å². The first-order valence-corrected chi connectivity index (χ1v) is 7.32. The molecule has 19 heavy (non-hydrogen) atoms. The molecule has 0 bridgehead atoms. The van der Waals surface area contributed by atoms with Crippen molar-refractivity contribution in [3.05, 3.63) is 11.6 Å². The Morgan fingerprint density at radius 1 is 1.32 bits per heavy atom. The van der Waals surface area contributed by atoms with Gasteiger partial charge in [-0.2, -0.15) is 0 Å². The van der Waals surface area contributed by atoms with E-state index >= 15 is 0 Å². The number of carbonyl (C=O) groups is 2. The fourth-order valence-electron chi connectivity index (χ4n) is 4.59. The fourth-order valence-corrected chi connectivity index (χ4v) is 4.59. The number of fused-ring (bicyclic) bond motifs is 3. The zero-order chi connectivity index (χ0) is 13.7. The van der Waals surface area contributed by atoms with Gasteiger partial charge in [-0.1, -0.05) is 18.6 Å². The van der Waals surface area contributed by atoms with Gasteiger partial charge >= 0.3 is 5.97 Å². The SMILES string of the molecule is COC(=O)[C@]12CCC(=O)C[C@H]1C1=CCC[C@]1(C)CC2. The molecular weight excluding hydrogens is 240 g/mol.